The second-order valence-electron chi connectivity index (χ2n) is 13.9. The average Bonchev–Trinajstić information content (AvgIpc) is 3.22. The van der Waals surface area contributed by atoms with E-state index in [0.29, 0.717) is 42.6 Å². The van der Waals surface area contributed by atoms with Crippen molar-refractivity contribution in [2.75, 3.05) is 24.5 Å². The van der Waals surface area contributed by atoms with E-state index in [1.165, 1.54) is 0 Å². The lowest BCUT2D eigenvalue weighted by atomic mass is 9.74. The standard InChI is InChI=1S/C32H52ClN5O4/c1-8-25(22-13-20(4)15-32(22,7)30(35)42)36-29(41)21(19(2)3)14-27(39)24(34)16-37-17-28(40)38(18-31(37,5)6)26-12-10-9-11-23(26)33/h9-12,19-22,24-25,27,39H,8,13-18,34H2,1-7H3,(H2,35,42)(H,36,41)/t20?,21-,22?,24-,25?,27-,32?/m0/s1. The van der Waals surface area contributed by atoms with Gasteiger partial charge in [-0.3, -0.25) is 19.3 Å². The first-order valence-electron chi connectivity index (χ1n) is 15.4. The highest BCUT2D eigenvalue weighted by atomic mass is 35.5. The fourth-order valence-corrected chi connectivity index (χ4v) is 7.29. The van der Waals surface area contributed by atoms with Gasteiger partial charge in [0.2, 0.25) is 17.7 Å². The van der Waals surface area contributed by atoms with Gasteiger partial charge in [-0.2, -0.15) is 0 Å². The molecule has 1 aromatic carbocycles. The number of halogens is 1. The zero-order chi connectivity index (χ0) is 31.6. The van der Waals surface area contributed by atoms with Crippen LogP contribution in [0.2, 0.25) is 5.02 Å². The molecule has 1 saturated carbocycles. The van der Waals surface area contributed by atoms with E-state index in [1.807, 2.05) is 64.6 Å². The van der Waals surface area contributed by atoms with Crippen molar-refractivity contribution >= 4 is 35.0 Å². The van der Waals surface area contributed by atoms with Crippen LogP contribution in [0, 0.1) is 29.1 Å². The van der Waals surface area contributed by atoms with Gasteiger partial charge < -0.3 is 26.8 Å². The normalized spacial score (nSPS) is 27.5. The summed E-state index contributed by atoms with van der Waals surface area (Å²) in [6.07, 6.45) is 1.48. The fraction of sp³-hybridized carbons (Fsp3) is 0.719. The number of primary amides is 1. The van der Waals surface area contributed by atoms with Crippen LogP contribution in [0.3, 0.4) is 0 Å². The van der Waals surface area contributed by atoms with Gasteiger partial charge in [0.25, 0.3) is 0 Å². The molecule has 7 atom stereocenters. The van der Waals surface area contributed by atoms with E-state index in [2.05, 4.69) is 12.2 Å². The summed E-state index contributed by atoms with van der Waals surface area (Å²) in [5.41, 5.74) is 12.0. The molecule has 9 nitrogen and oxygen atoms in total. The van der Waals surface area contributed by atoms with Crippen LogP contribution in [0.1, 0.15) is 74.1 Å². The number of aliphatic hydroxyl groups is 1. The topological polar surface area (TPSA) is 142 Å². The van der Waals surface area contributed by atoms with Gasteiger partial charge in [-0.15, -0.1) is 0 Å². The van der Waals surface area contributed by atoms with Crippen LogP contribution >= 0.6 is 11.6 Å². The van der Waals surface area contributed by atoms with Crippen molar-refractivity contribution in [3.05, 3.63) is 29.3 Å². The molecule has 10 heteroatoms. The number of para-hydroxylation sites is 1. The van der Waals surface area contributed by atoms with E-state index in [1.54, 1.807) is 11.0 Å². The largest absolute Gasteiger partial charge is 0.391 e. The molecule has 2 aliphatic rings. The number of rotatable bonds is 12. The summed E-state index contributed by atoms with van der Waals surface area (Å²) in [7, 11) is 0. The van der Waals surface area contributed by atoms with Crippen LogP contribution in [0.25, 0.3) is 0 Å². The number of carbonyl (C=O) groups is 3. The lowest BCUT2D eigenvalue weighted by molar-refractivity contribution is -0.133. The molecule has 236 valence electrons. The molecule has 1 aliphatic heterocycles. The Bertz CT molecular complexity index is 1130. The maximum atomic E-state index is 13.6. The Balaban J connectivity index is 1.66. The molecule has 0 radical (unpaired) electrons. The number of carbonyl (C=O) groups excluding carboxylic acids is 3. The van der Waals surface area contributed by atoms with E-state index in [0.717, 1.165) is 6.42 Å². The van der Waals surface area contributed by atoms with E-state index in [9.17, 15) is 19.5 Å². The smallest absolute Gasteiger partial charge is 0.241 e. The summed E-state index contributed by atoms with van der Waals surface area (Å²) in [6.45, 7) is 14.9. The molecule has 3 amide bonds. The van der Waals surface area contributed by atoms with Crippen LogP contribution in [-0.4, -0.2) is 71.1 Å². The molecule has 0 bridgehead atoms. The monoisotopic (exact) mass is 605 g/mol. The predicted molar refractivity (Wildman–Crippen MR) is 168 cm³/mol. The van der Waals surface area contributed by atoms with Crippen molar-refractivity contribution in [3.8, 4) is 0 Å². The SMILES string of the molecule is CCC(NC(=O)[C@@H](C[C@H](O)[C@@H](N)CN1CC(=O)N(c2ccccc2Cl)CC1(C)C)C(C)C)C1CC(C)CC1(C)C(N)=O. The molecule has 0 spiro atoms. The number of nitrogens with one attached hydrogen (secondary N) is 1. The second-order valence-corrected chi connectivity index (χ2v) is 14.3. The number of benzene rings is 1. The van der Waals surface area contributed by atoms with Gasteiger partial charge in [0.1, 0.15) is 0 Å². The van der Waals surface area contributed by atoms with E-state index in [-0.39, 0.29) is 48.6 Å². The van der Waals surface area contributed by atoms with Gasteiger partial charge in [0.05, 0.1) is 28.8 Å². The van der Waals surface area contributed by atoms with Crippen LogP contribution < -0.4 is 21.7 Å². The summed E-state index contributed by atoms with van der Waals surface area (Å²) in [5, 5.41) is 14.9. The highest BCUT2D eigenvalue weighted by Gasteiger charge is 2.50. The van der Waals surface area contributed by atoms with Crippen molar-refractivity contribution < 1.29 is 19.5 Å². The minimum atomic E-state index is -0.946. The zero-order valence-electron chi connectivity index (χ0n) is 26.4. The van der Waals surface area contributed by atoms with Crippen LogP contribution in [0.4, 0.5) is 5.69 Å². The van der Waals surface area contributed by atoms with E-state index < -0.39 is 29.0 Å². The van der Waals surface area contributed by atoms with Gasteiger partial charge in [-0.05, 0) is 69.4 Å². The molecule has 4 unspecified atom stereocenters. The van der Waals surface area contributed by atoms with Crippen molar-refractivity contribution in [1.82, 2.24) is 10.2 Å². The van der Waals surface area contributed by atoms with Crippen LogP contribution in [0.5, 0.6) is 0 Å². The first kappa shape index (κ1) is 34.3. The van der Waals surface area contributed by atoms with E-state index >= 15 is 0 Å². The molecule has 0 aromatic heterocycles. The maximum absolute atomic E-state index is 13.6. The molecular weight excluding hydrogens is 554 g/mol. The molecule has 3 rings (SSSR count). The Morgan fingerprint density at radius 3 is 2.43 bits per heavy atom. The quantitative estimate of drug-likeness (QED) is 0.287. The highest BCUT2D eigenvalue weighted by Crippen LogP contribution is 2.48. The average molecular weight is 606 g/mol. The number of aliphatic hydroxyl groups excluding tert-OH is 1. The first-order valence-corrected chi connectivity index (χ1v) is 15.7. The molecule has 42 heavy (non-hydrogen) atoms. The van der Waals surface area contributed by atoms with Crippen LogP contribution in [0.15, 0.2) is 24.3 Å². The molecular formula is C32H52ClN5O4. The van der Waals surface area contributed by atoms with Gasteiger partial charge in [0, 0.05) is 36.6 Å². The van der Waals surface area contributed by atoms with Crippen molar-refractivity contribution in [3.63, 3.8) is 0 Å². The Morgan fingerprint density at radius 2 is 1.86 bits per heavy atom. The Morgan fingerprint density at radius 1 is 1.21 bits per heavy atom. The third-order valence-electron chi connectivity index (χ3n) is 9.80. The van der Waals surface area contributed by atoms with Gasteiger partial charge in [-0.25, -0.2) is 0 Å². The number of nitrogens with two attached hydrogens (primary N) is 2. The third kappa shape index (κ3) is 7.47. The summed E-state index contributed by atoms with van der Waals surface area (Å²) >= 11 is 6.38. The van der Waals surface area contributed by atoms with Crippen molar-refractivity contribution in [1.29, 1.82) is 0 Å². The Kier molecular flexibility index (Phi) is 11.1. The number of piperazine rings is 1. The van der Waals surface area contributed by atoms with Gasteiger partial charge in [0.15, 0.2) is 0 Å². The second kappa shape index (κ2) is 13.6. The van der Waals surface area contributed by atoms with Crippen molar-refractivity contribution in [2.24, 2.45) is 40.6 Å². The number of nitrogens with zero attached hydrogens (tertiary/aromatic N) is 2. The highest BCUT2D eigenvalue weighted by molar-refractivity contribution is 6.33. The molecule has 1 heterocycles. The third-order valence-corrected chi connectivity index (χ3v) is 10.1. The number of anilines is 1. The first-order chi connectivity index (χ1) is 19.5. The Hall–Kier alpha value is -2.20. The van der Waals surface area contributed by atoms with Crippen LogP contribution in [-0.2, 0) is 14.4 Å². The summed E-state index contributed by atoms with van der Waals surface area (Å²) in [5.74, 6) is -0.737. The lowest BCUT2D eigenvalue weighted by Crippen LogP contribution is -2.64. The molecule has 1 aromatic rings. The van der Waals surface area contributed by atoms with Crippen molar-refractivity contribution in [2.45, 2.75) is 97.9 Å². The van der Waals surface area contributed by atoms with Gasteiger partial charge >= 0.3 is 0 Å². The van der Waals surface area contributed by atoms with E-state index in [4.69, 9.17) is 23.1 Å². The fourth-order valence-electron chi connectivity index (χ4n) is 7.05. The number of hydrogen-bond donors (Lipinski definition) is 4. The molecule has 2 fully saturated rings. The Labute approximate surface area is 256 Å². The molecule has 6 N–H and O–H groups in total. The molecule has 1 aliphatic carbocycles. The minimum Gasteiger partial charge on any atom is -0.391 e. The molecule has 1 saturated heterocycles. The predicted octanol–water partition coefficient (Wildman–Crippen LogP) is 3.55. The summed E-state index contributed by atoms with van der Waals surface area (Å²) in [6, 6.07) is 6.45. The number of amides is 3. The summed E-state index contributed by atoms with van der Waals surface area (Å²) < 4.78 is 0. The van der Waals surface area contributed by atoms with Gasteiger partial charge in [-0.1, -0.05) is 58.4 Å². The lowest BCUT2D eigenvalue weighted by Gasteiger charge is -2.48. The minimum absolute atomic E-state index is 0.0356. The maximum Gasteiger partial charge on any atom is 0.241 e. The summed E-state index contributed by atoms with van der Waals surface area (Å²) in [4.78, 5) is 42.9. The zero-order valence-corrected chi connectivity index (χ0v) is 27.2. The number of hydrogen-bond acceptors (Lipinski definition) is 6.